The summed E-state index contributed by atoms with van der Waals surface area (Å²) in [5.41, 5.74) is 2.19. The monoisotopic (exact) mass is 279 g/mol. The maximum absolute atomic E-state index is 12.2. The summed E-state index contributed by atoms with van der Waals surface area (Å²) in [6.45, 7) is 1.93. The van der Waals surface area contributed by atoms with Crippen molar-refractivity contribution in [2.45, 2.75) is 13.3 Å². The Balaban J connectivity index is 2.28. The van der Waals surface area contributed by atoms with Crippen LogP contribution in [0.3, 0.4) is 0 Å². The van der Waals surface area contributed by atoms with Gasteiger partial charge in [0.15, 0.2) is 5.78 Å². The number of aromatic nitrogens is 1. The standard InChI is InChI=1S/C14H11Cl2NO/c1-9-4-3-7-17-12(9)8-13(18)10-5-2-6-11(15)14(10)16/h2-7H,8H2,1H3. The number of pyridine rings is 1. The normalized spacial score (nSPS) is 10.4. The molecule has 1 heterocycles. The van der Waals surface area contributed by atoms with Gasteiger partial charge in [0.2, 0.25) is 0 Å². The summed E-state index contributed by atoms with van der Waals surface area (Å²) in [5.74, 6) is -0.0794. The predicted molar refractivity (Wildman–Crippen MR) is 73.5 cm³/mol. The SMILES string of the molecule is Cc1cccnc1CC(=O)c1cccc(Cl)c1Cl. The van der Waals surface area contributed by atoms with Gasteiger partial charge in [0, 0.05) is 11.8 Å². The molecule has 0 radical (unpaired) electrons. The number of hydrogen-bond donors (Lipinski definition) is 0. The molecule has 0 saturated heterocycles. The van der Waals surface area contributed by atoms with E-state index in [4.69, 9.17) is 23.2 Å². The molecule has 2 rings (SSSR count). The molecule has 0 amide bonds. The molecule has 0 saturated carbocycles. The predicted octanol–water partition coefficient (Wildman–Crippen LogP) is 4.12. The van der Waals surface area contributed by atoms with E-state index in [1.165, 1.54) is 0 Å². The van der Waals surface area contributed by atoms with Crippen molar-refractivity contribution in [1.29, 1.82) is 0 Å². The van der Waals surface area contributed by atoms with E-state index in [-0.39, 0.29) is 12.2 Å². The quantitative estimate of drug-likeness (QED) is 0.791. The Morgan fingerprint density at radius 2 is 2.00 bits per heavy atom. The zero-order valence-corrected chi connectivity index (χ0v) is 11.3. The van der Waals surface area contributed by atoms with Gasteiger partial charge < -0.3 is 0 Å². The van der Waals surface area contributed by atoms with E-state index in [0.29, 0.717) is 15.6 Å². The van der Waals surface area contributed by atoms with Gasteiger partial charge in [0.25, 0.3) is 0 Å². The summed E-state index contributed by atoms with van der Waals surface area (Å²) >= 11 is 11.9. The molecule has 0 atom stereocenters. The van der Waals surface area contributed by atoms with Crippen LogP contribution in [0.5, 0.6) is 0 Å². The van der Waals surface area contributed by atoms with Crippen LogP contribution in [0.15, 0.2) is 36.5 Å². The Labute approximate surface area is 116 Å². The largest absolute Gasteiger partial charge is 0.294 e. The van der Waals surface area contributed by atoms with Gasteiger partial charge in [0.1, 0.15) is 0 Å². The molecular weight excluding hydrogens is 269 g/mol. The number of carbonyl (C=O) groups excluding carboxylic acids is 1. The molecule has 2 nitrogen and oxygen atoms in total. The summed E-state index contributed by atoms with van der Waals surface area (Å²) in [7, 11) is 0. The van der Waals surface area contributed by atoms with Crippen LogP contribution in [0.2, 0.25) is 10.0 Å². The van der Waals surface area contributed by atoms with Crippen LogP contribution in [0.1, 0.15) is 21.6 Å². The lowest BCUT2D eigenvalue weighted by molar-refractivity contribution is 0.0992. The van der Waals surface area contributed by atoms with Gasteiger partial charge in [-0.05, 0) is 30.7 Å². The Hall–Kier alpha value is -1.38. The first kappa shape index (κ1) is 13.1. The minimum Gasteiger partial charge on any atom is -0.294 e. The lowest BCUT2D eigenvalue weighted by atomic mass is 10.0. The number of aryl methyl sites for hydroxylation is 1. The van der Waals surface area contributed by atoms with E-state index in [9.17, 15) is 4.79 Å². The van der Waals surface area contributed by atoms with Crippen molar-refractivity contribution in [3.8, 4) is 0 Å². The third-order valence-electron chi connectivity index (χ3n) is 2.70. The average Bonchev–Trinajstić information content (AvgIpc) is 2.35. The van der Waals surface area contributed by atoms with Crippen molar-refractivity contribution < 1.29 is 4.79 Å². The van der Waals surface area contributed by atoms with E-state index < -0.39 is 0 Å². The molecule has 0 N–H and O–H groups in total. The van der Waals surface area contributed by atoms with Crippen LogP contribution >= 0.6 is 23.2 Å². The van der Waals surface area contributed by atoms with Gasteiger partial charge >= 0.3 is 0 Å². The molecule has 1 aromatic carbocycles. The highest BCUT2D eigenvalue weighted by Crippen LogP contribution is 2.26. The van der Waals surface area contributed by atoms with Gasteiger partial charge in [-0.3, -0.25) is 9.78 Å². The average molecular weight is 280 g/mol. The summed E-state index contributed by atoms with van der Waals surface area (Å²) in [4.78, 5) is 16.4. The van der Waals surface area contributed by atoms with Crippen molar-refractivity contribution in [2.24, 2.45) is 0 Å². The molecule has 4 heteroatoms. The Bertz CT molecular complexity index is 596. The maximum Gasteiger partial charge on any atom is 0.170 e. The van der Waals surface area contributed by atoms with Crippen molar-refractivity contribution in [3.05, 3.63) is 63.4 Å². The third-order valence-corrected chi connectivity index (χ3v) is 3.52. The molecule has 0 unspecified atom stereocenters. The Morgan fingerprint density at radius 3 is 2.72 bits per heavy atom. The summed E-state index contributed by atoms with van der Waals surface area (Å²) < 4.78 is 0. The van der Waals surface area contributed by atoms with Crippen molar-refractivity contribution in [2.75, 3.05) is 0 Å². The van der Waals surface area contributed by atoms with E-state index in [1.54, 1.807) is 24.4 Å². The highest BCUT2D eigenvalue weighted by atomic mass is 35.5. The summed E-state index contributed by atoms with van der Waals surface area (Å²) in [6, 6.07) is 8.82. The van der Waals surface area contributed by atoms with E-state index >= 15 is 0 Å². The van der Waals surface area contributed by atoms with Crippen molar-refractivity contribution >= 4 is 29.0 Å². The number of rotatable bonds is 3. The maximum atomic E-state index is 12.2. The second kappa shape index (κ2) is 5.51. The van der Waals surface area contributed by atoms with Gasteiger partial charge in [-0.25, -0.2) is 0 Å². The molecule has 18 heavy (non-hydrogen) atoms. The van der Waals surface area contributed by atoms with Crippen LogP contribution in [-0.4, -0.2) is 10.8 Å². The number of nitrogens with zero attached hydrogens (tertiary/aromatic N) is 1. The lowest BCUT2D eigenvalue weighted by Crippen LogP contribution is -2.07. The Morgan fingerprint density at radius 1 is 1.22 bits per heavy atom. The second-order valence-electron chi connectivity index (χ2n) is 3.97. The first-order valence-electron chi connectivity index (χ1n) is 5.47. The number of Topliss-reactive ketones (excluding diaryl/α,β-unsaturated/α-hetero) is 1. The van der Waals surface area contributed by atoms with E-state index in [0.717, 1.165) is 11.3 Å². The van der Waals surface area contributed by atoms with Crippen LogP contribution < -0.4 is 0 Å². The third kappa shape index (κ3) is 2.71. The summed E-state index contributed by atoms with van der Waals surface area (Å²) in [6.07, 6.45) is 1.90. The molecule has 0 aliphatic rings. The molecule has 2 aromatic rings. The molecule has 0 fully saturated rings. The van der Waals surface area contributed by atoms with Crippen molar-refractivity contribution in [1.82, 2.24) is 4.98 Å². The first-order valence-corrected chi connectivity index (χ1v) is 6.23. The Kier molecular flexibility index (Phi) is 4.00. The number of halogens is 2. The van der Waals surface area contributed by atoms with E-state index in [2.05, 4.69) is 4.98 Å². The van der Waals surface area contributed by atoms with Crippen LogP contribution in [0, 0.1) is 6.92 Å². The molecule has 0 aliphatic carbocycles. The number of carbonyl (C=O) groups is 1. The smallest absolute Gasteiger partial charge is 0.170 e. The zero-order chi connectivity index (χ0) is 13.1. The molecule has 0 aliphatic heterocycles. The molecule has 92 valence electrons. The fraction of sp³-hybridized carbons (Fsp3) is 0.143. The van der Waals surface area contributed by atoms with Gasteiger partial charge in [-0.15, -0.1) is 0 Å². The van der Waals surface area contributed by atoms with Crippen LogP contribution in [-0.2, 0) is 6.42 Å². The highest BCUT2D eigenvalue weighted by Gasteiger charge is 2.14. The molecule has 1 aromatic heterocycles. The molecule has 0 bridgehead atoms. The minimum atomic E-state index is -0.0794. The fourth-order valence-electron chi connectivity index (χ4n) is 1.67. The first-order chi connectivity index (χ1) is 8.59. The fourth-order valence-corrected chi connectivity index (χ4v) is 2.08. The topological polar surface area (TPSA) is 30.0 Å². The number of ketones is 1. The number of benzene rings is 1. The molecular formula is C14H11Cl2NO. The highest BCUT2D eigenvalue weighted by molar-refractivity contribution is 6.43. The summed E-state index contributed by atoms with van der Waals surface area (Å²) in [5, 5.41) is 0.693. The van der Waals surface area contributed by atoms with Crippen molar-refractivity contribution in [3.63, 3.8) is 0 Å². The molecule has 0 spiro atoms. The second-order valence-corrected chi connectivity index (χ2v) is 4.75. The number of hydrogen-bond acceptors (Lipinski definition) is 2. The van der Waals surface area contributed by atoms with Gasteiger partial charge in [0.05, 0.1) is 22.2 Å². The van der Waals surface area contributed by atoms with Crippen LogP contribution in [0.25, 0.3) is 0 Å². The van der Waals surface area contributed by atoms with E-state index in [1.807, 2.05) is 19.1 Å². The van der Waals surface area contributed by atoms with Crippen LogP contribution in [0.4, 0.5) is 0 Å². The van der Waals surface area contributed by atoms with Gasteiger partial charge in [-0.1, -0.05) is 35.3 Å². The zero-order valence-electron chi connectivity index (χ0n) is 9.78. The van der Waals surface area contributed by atoms with Gasteiger partial charge in [-0.2, -0.15) is 0 Å². The minimum absolute atomic E-state index is 0.0794. The lowest BCUT2D eigenvalue weighted by Gasteiger charge is -2.06.